The molecule has 11 heteroatoms. The van der Waals surface area contributed by atoms with Crippen LogP contribution < -0.4 is 15.6 Å². The van der Waals surface area contributed by atoms with Gasteiger partial charge in [-0.1, -0.05) is 18.2 Å². The van der Waals surface area contributed by atoms with Gasteiger partial charge in [0.1, 0.15) is 5.82 Å². The molecule has 1 aromatic heterocycles. The molecular formula is C25H26ClF4N3O3. The zero-order valence-electron chi connectivity index (χ0n) is 19.8. The number of amides is 1. The molecule has 0 aliphatic heterocycles. The molecule has 1 amide bonds. The van der Waals surface area contributed by atoms with Crippen LogP contribution in [0.25, 0.3) is 11.1 Å². The van der Waals surface area contributed by atoms with Crippen LogP contribution in [0.1, 0.15) is 23.6 Å². The largest absolute Gasteiger partial charge is 0.488 e. The summed E-state index contributed by atoms with van der Waals surface area (Å²) in [4.78, 5) is 28.3. The fourth-order valence-corrected chi connectivity index (χ4v) is 3.54. The summed E-state index contributed by atoms with van der Waals surface area (Å²) >= 11 is 0. The number of halogens is 5. The first kappa shape index (κ1) is 28.9. The summed E-state index contributed by atoms with van der Waals surface area (Å²) in [7, 11) is 3.31. The van der Waals surface area contributed by atoms with Gasteiger partial charge >= 0.3 is 6.18 Å². The lowest BCUT2D eigenvalue weighted by molar-refractivity contribution is -0.138. The zero-order valence-corrected chi connectivity index (χ0v) is 20.6. The molecule has 2 aromatic carbocycles. The highest BCUT2D eigenvalue weighted by molar-refractivity contribution is 5.92. The SMILES string of the molecule is CCOc1cc(-c2ccc(CC(=O)Nc3ccc(CN(C)C)c(C(F)(F)F)c3)c(F)c2)c[nH]c1=O.Cl. The minimum atomic E-state index is -4.59. The third-order valence-electron chi connectivity index (χ3n) is 5.09. The summed E-state index contributed by atoms with van der Waals surface area (Å²) in [5, 5.41) is 2.41. The number of pyridine rings is 1. The van der Waals surface area contributed by atoms with E-state index in [1.54, 1.807) is 32.0 Å². The van der Waals surface area contributed by atoms with Crippen molar-refractivity contribution in [1.82, 2.24) is 9.88 Å². The minimum Gasteiger partial charge on any atom is -0.488 e. The lowest BCUT2D eigenvalue weighted by Crippen LogP contribution is -2.19. The Hall–Kier alpha value is -3.37. The normalized spacial score (nSPS) is 11.2. The number of benzene rings is 2. The first-order chi connectivity index (χ1) is 16.5. The highest BCUT2D eigenvalue weighted by Gasteiger charge is 2.33. The van der Waals surface area contributed by atoms with Gasteiger partial charge in [-0.05, 0) is 62.0 Å². The maximum absolute atomic E-state index is 14.7. The molecule has 3 rings (SSSR count). The van der Waals surface area contributed by atoms with Gasteiger partial charge in [-0.2, -0.15) is 13.2 Å². The number of aromatic amines is 1. The average Bonchev–Trinajstić information content (AvgIpc) is 2.77. The monoisotopic (exact) mass is 527 g/mol. The van der Waals surface area contributed by atoms with E-state index < -0.39 is 29.0 Å². The molecular weight excluding hydrogens is 502 g/mol. The Balaban J connectivity index is 0.00000456. The smallest absolute Gasteiger partial charge is 0.416 e. The average molecular weight is 528 g/mol. The van der Waals surface area contributed by atoms with Gasteiger partial charge in [0.05, 0.1) is 18.6 Å². The quantitative estimate of drug-likeness (QED) is 0.392. The number of nitrogens with one attached hydrogen (secondary N) is 2. The van der Waals surface area contributed by atoms with Gasteiger partial charge in [-0.15, -0.1) is 12.4 Å². The van der Waals surface area contributed by atoms with E-state index in [0.29, 0.717) is 11.1 Å². The summed E-state index contributed by atoms with van der Waals surface area (Å²) in [5.74, 6) is -1.23. The van der Waals surface area contributed by atoms with Crippen LogP contribution in [-0.4, -0.2) is 36.5 Å². The van der Waals surface area contributed by atoms with Gasteiger partial charge in [0.2, 0.25) is 5.91 Å². The lowest BCUT2D eigenvalue weighted by Gasteiger charge is -2.18. The van der Waals surface area contributed by atoms with E-state index in [2.05, 4.69) is 10.3 Å². The number of hydrogen-bond donors (Lipinski definition) is 2. The van der Waals surface area contributed by atoms with E-state index >= 15 is 0 Å². The van der Waals surface area contributed by atoms with Crippen molar-refractivity contribution in [1.29, 1.82) is 0 Å². The second-order valence-corrected chi connectivity index (χ2v) is 8.15. The number of H-pyrrole nitrogens is 1. The molecule has 0 aliphatic carbocycles. The van der Waals surface area contributed by atoms with Crippen molar-refractivity contribution in [3.8, 4) is 16.9 Å². The molecule has 1 heterocycles. The number of nitrogens with zero attached hydrogens (tertiary/aromatic N) is 1. The predicted molar refractivity (Wildman–Crippen MR) is 132 cm³/mol. The third-order valence-corrected chi connectivity index (χ3v) is 5.09. The van der Waals surface area contributed by atoms with Crippen LogP contribution in [0.2, 0.25) is 0 Å². The molecule has 3 aromatic rings. The Bertz CT molecular complexity index is 1280. The molecule has 6 nitrogen and oxygen atoms in total. The standard InChI is InChI=1S/C25H25F4N3O3.ClH/c1-4-35-22-10-18(13-30-24(22)34)15-5-6-16(21(26)9-15)11-23(33)31-19-8-7-17(14-32(2)3)20(12-19)25(27,28)29;/h5-10,12-13H,4,11,14H2,1-3H3,(H,30,34)(H,31,33);1H. The van der Waals surface area contributed by atoms with E-state index in [1.165, 1.54) is 36.5 Å². The van der Waals surface area contributed by atoms with Crippen LogP contribution in [0.15, 0.2) is 53.5 Å². The van der Waals surface area contributed by atoms with E-state index in [9.17, 15) is 27.2 Å². The summed E-state index contributed by atoms with van der Waals surface area (Å²) in [6.45, 7) is 2.10. The van der Waals surface area contributed by atoms with Gasteiger partial charge in [0, 0.05) is 24.0 Å². The number of hydrogen-bond acceptors (Lipinski definition) is 4. The molecule has 0 unspecified atom stereocenters. The van der Waals surface area contributed by atoms with Gasteiger partial charge in [-0.3, -0.25) is 9.59 Å². The Kier molecular flexibility index (Phi) is 9.66. The van der Waals surface area contributed by atoms with Crippen LogP contribution in [0.5, 0.6) is 5.75 Å². The maximum Gasteiger partial charge on any atom is 0.416 e. The van der Waals surface area contributed by atoms with E-state index in [0.717, 1.165) is 6.07 Å². The molecule has 0 fully saturated rings. The topological polar surface area (TPSA) is 74.4 Å². The number of carbonyl (C=O) groups excluding carboxylic acids is 1. The Morgan fingerprint density at radius 2 is 1.75 bits per heavy atom. The lowest BCUT2D eigenvalue weighted by atomic mass is 10.0. The minimum absolute atomic E-state index is 0. The van der Waals surface area contributed by atoms with Crippen molar-refractivity contribution in [2.75, 3.05) is 26.0 Å². The summed E-state index contributed by atoms with van der Waals surface area (Å²) in [6, 6.07) is 9.27. The number of anilines is 1. The van der Waals surface area contributed by atoms with Crippen molar-refractivity contribution in [2.45, 2.75) is 26.1 Å². The van der Waals surface area contributed by atoms with Crippen LogP contribution in [0.4, 0.5) is 23.2 Å². The second kappa shape index (κ2) is 12.0. The van der Waals surface area contributed by atoms with Crippen molar-refractivity contribution in [2.24, 2.45) is 0 Å². The molecule has 0 saturated carbocycles. The van der Waals surface area contributed by atoms with Crippen LogP contribution >= 0.6 is 12.4 Å². The van der Waals surface area contributed by atoms with Crippen molar-refractivity contribution < 1.29 is 27.1 Å². The van der Waals surface area contributed by atoms with Gasteiger partial charge in [0.25, 0.3) is 5.56 Å². The maximum atomic E-state index is 14.7. The van der Waals surface area contributed by atoms with E-state index in [-0.39, 0.29) is 54.5 Å². The predicted octanol–water partition coefficient (Wildman–Crippen LogP) is 5.26. The number of rotatable bonds is 8. The molecule has 194 valence electrons. The molecule has 0 spiro atoms. The summed E-state index contributed by atoms with van der Waals surface area (Å²) in [5.41, 5.74) is -0.160. The number of ether oxygens (including phenoxy) is 1. The summed E-state index contributed by atoms with van der Waals surface area (Å²) < 4.78 is 60.4. The molecule has 0 radical (unpaired) electrons. The number of carbonyl (C=O) groups is 1. The molecule has 0 atom stereocenters. The fraction of sp³-hybridized carbons (Fsp3) is 0.280. The molecule has 0 bridgehead atoms. The highest BCUT2D eigenvalue weighted by Crippen LogP contribution is 2.34. The van der Waals surface area contributed by atoms with E-state index in [4.69, 9.17) is 4.74 Å². The highest BCUT2D eigenvalue weighted by atomic mass is 35.5. The first-order valence-corrected chi connectivity index (χ1v) is 10.8. The Labute approximate surface area is 211 Å². The van der Waals surface area contributed by atoms with Crippen molar-refractivity contribution in [3.05, 3.63) is 81.5 Å². The molecule has 36 heavy (non-hydrogen) atoms. The van der Waals surface area contributed by atoms with Gasteiger partial charge < -0.3 is 19.9 Å². The number of alkyl halides is 3. The third kappa shape index (κ3) is 7.32. The molecule has 0 saturated heterocycles. The first-order valence-electron chi connectivity index (χ1n) is 10.8. The molecule has 2 N–H and O–H groups in total. The van der Waals surface area contributed by atoms with Crippen LogP contribution in [0, 0.1) is 5.82 Å². The summed E-state index contributed by atoms with van der Waals surface area (Å²) in [6.07, 6.45) is -3.54. The second-order valence-electron chi connectivity index (χ2n) is 8.15. The van der Waals surface area contributed by atoms with E-state index in [1.807, 2.05) is 0 Å². The van der Waals surface area contributed by atoms with Gasteiger partial charge in [-0.25, -0.2) is 4.39 Å². The van der Waals surface area contributed by atoms with Crippen molar-refractivity contribution >= 4 is 24.0 Å². The Morgan fingerprint density at radius 3 is 2.36 bits per heavy atom. The zero-order chi connectivity index (χ0) is 25.8. The van der Waals surface area contributed by atoms with Crippen LogP contribution in [-0.2, 0) is 23.9 Å². The van der Waals surface area contributed by atoms with Gasteiger partial charge in [0.15, 0.2) is 5.75 Å². The van der Waals surface area contributed by atoms with Crippen molar-refractivity contribution in [3.63, 3.8) is 0 Å². The Morgan fingerprint density at radius 1 is 1.06 bits per heavy atom. The fourth-order valence-electron chi connectivity index (χ4n) is 3.54. The number of aromatic nitrogens is 1. The molecule has 0 aliphatic rings. The van der Waals surface area contributed by atoms with Crippen LogP contribution in [0.3, 0.4) is 0 Å².